The Balaban J connectivity index is 1.47. The van der Waals surface area contributed by atoms with Crippen LogP contribution in [0.15, 0.2) is 54.7 Å². The van der Waals surface area contributed by atoms with Gasteiger partial charge in [0, 0.05) is 60.5 Å². The maximum absolute atomic E-state index is 13.1. The summed E-state index contributed by atoms with van der Waals surface area (Å²) in [6.07, 6.45) is 2.66. The molecular formula is C22H21ClFN3O. The van der Waals surface area contributed by atoms with Crippen molar-refractivity contribution in [2.45, 2.75) is 13.0 Å². The van der Waals surface area contributed by atoms with Crippen molar-refractivity contribution in [1.82, 2.24) is 14.8 Å². The van der Waals surface area contributed by atoms with Crippen molar-refractivity contribution in [3.63, 3.8) is 0 Å². The second kappa shape index (κ2) is 8.25. The van der Waals surface area contributed by atoms with E-state index in [9.17, 15) is 9.18 Å². The molecule has 144 valence electrons. The number of rotatable bonds is 3. The lowest BCUT2D eigenvalue weighted by Crippen LogP contribution is -2.35. The highest BCUT2D eigenvalue weighted by atomic mass is 35.5. The molecule has 1 amide bonds. The van der Waals surface area contributed by atoms with Crippen LogP contribution >= 0.6 is 11.6 Å². The fraction of sp³-hybridized carbons (Fsp3) is 0.273. The van der Waals surface area contributed by atoms with Crippen LogP contribution in [0.25, 0.3) is 10.9 Å². The maximum Gasteiger partial charge on any atom is 0.253 e. The Morgan fingerprint density at radius 3 is 2.68 bits per heavy atom. The number of amides is 1. The minimum absolute atomic E-state index is 0.0493. The lowest BCUT2D eigenvalue weighted by molar-refractivity contribution is 0.0761. The summed E-state index contributed by atoms with van der Waals surface area (Å²) in [6, 6.07) is 13.6. The summed E-state index contributed by atoms with van der Waals surface area (Å²) in [7, 11) is 0. The van der Waals surface area contributed by atoms with Crippen LogP contribution in [-0.2, 0) is 6.54 Å². The molecule has 1 saturated heterocycles. The normalized spacial score (nSPS) is 15.6. The second-order valence-electron chi connectivity index (χ2n) is 7.03. The first kappa shape index (κ1) is 18.8. The highest BCUT2D eigenvalue weighted by Crippen LogP contribution is 2.26. The first-order chi connectivity index (χ1) is 13.6. The van der Waals surface area contributed by atoms with Crippen molar-refractivity contribution in [2.75, 3.05) is 26.2 Å². The molecule has 28 heavy (non-hydrogen) atoms. The Hall–Kier alpha value is -2.50. The molecule has 0 N–H and O–H groups in total. The number of fused-ring (bicyclic) bond motifs is 1. The van der Waals surface area contributed by atoms with Gasteiger partial charge in [0.2, 0.25) is 0 Å². The van der Waals surface area contributed by atoms with E-state index in [1.54, 1.807) is 18.3 Å². The molecular weight excluding hydrogens is 377 g/mol. The zero-order valence-corrected chi connectivity index (χ0v) is 16.2. The van der Waals surface area contributed by atoms with Gasteiger partial charge in [-0.1, -0.05) is 23.7 Å². The van der Waals surface area contributed by atoms with Crippen molar-refractivity contribution in [2.24, 2.45) is 0 Å². The molecule has 4 nitrogen and oxygen atoms in total. The van der Waals surface area contributed by atoms with Crippen LogP contribution in [0.1, 0.15) is 22.3 Å². The summed E-state index contributed by atoms with van der Waals surface area (Å²) >= 11 is 6.47. The second-order valence-corrected chi connectivity index (χ2v) is 7.44. The Morgan fingerprint density at radius 2 is 1.86 bits per heavy atom. The number of halogens is 2. The summed E-state index contributed by atoms with van der Waals surface area (Å²) < 4.78 is 13.1. The van der Waals surface area contributed by atoms with Crippen molar-refractivity contribution in [1.29, 1.82) is 0 Å². The molecule has 0 atom stereocenters. The number of benzene rings is 2. The summed E-state index contributed by atoms with van der Waals surface area (Å²) in [6.45, 7) is 3.66. The number of hydrogen-bond donors (Lipinski definition) is 0. The minimum atomic E-state index is -0.334. The molecule has 0 aliphatic carbocycles. The molecule has 2 aromatic carbocycles. The van der Waals surface area contributed by atoms with E-state index in [0.717, 1.165) is 41.0 Å². The summed E-state index contributed by atoms with van der Waals surface area (Å²) in [5.74, 6) is -0.383. The van der Waals surface area contributed by atoms with E-state index >= 15 is 0 Å². The van der Waals surface area contributed by atoms with Crippen LogP contribution in [0, 0.1) is 5.82 Å². The van der Waals surface area contributed by atoms with Gasteiger partial charge >= 0.3 is 0 Å². The molecule has 1 aliphatic rings. The van der Waals surface area contributed by atoms with E-state index in [-0.39, 0.29) is 11.7 Å². The average Bonchev–Trinajstić information content (AvgIpc) is 2.96. The van der Waals surface area contributed by atoms with Gasteiger partial charge in [0.05, 0.1) is 5.52 Å². The van der Waals surface area contributed by atoms with Gasteiger partial charge in [-0.15, -0.1) is 0 Å². The minimum Gasteiger partial charge on any atom is -0.337 e. The van der Waals surface area contributed by atoms with Crippen LogP contribution in [0.2, 0.25) is 5.02 Å². The topological polar surface area (TPSA) is 36.4 Å². The third-order valence-electron chi connectivity index (χ3n) is 5.17. The molecule has 0 bridgehead atoms. The fourth-order valence-electron chi connectivity index (χ4n) is 3.66. The van der Waals surface area contributed by atoms with Gasteiger partial charge < -0.3 is 4.90 Å². The lowest BCUT2D eigenvalue weighted by atomic mass is 10.1. The first-order valence-electron chi connectivity index (χ1n) is 9.41. The van der Waals surface area contributed by atoms with Crippen LogP contribution < -0.4 is 0 Å². The molecule has 0 spiro atoms. The number of nitrogens with zero attached hydrogens (tertiary/aromatic N) is 3. The highest BCUT2D eigenvalue weighted by molar-refractivity contribution is 6.32. The van der Waals surface area contributed by atoms with Crippen molar-refractivity contribution >= 4 is 28.4 Å². The van der Waals surface area contributed by atoms with Crippen molar-refractivity contribution in [3.05, 3.63) is 76.7 Å². The number of hydrogen-bond acceptors (Lipinski definition) is 3. The predicted octanol–water partition coefficient (Wildman–Crippen LogP) is 4.38. The van der Waals surface area contributed by atoms with E-state index in [1.165, 1.54) is 12.1 Å². The lowest BCUT2D eigenvalue weighted by Gasteiger charge is -2.23. The van der Waals surface area contributed by atoms with E-state index in [2.05, 4.69) is 9.88 Å². The van der Waals surface area contributed by atoms with Crippen molar-refractivity contribution < 1.29 is 9.18 Å². The smallest absolute Gasteiger partial charge is 0.253 e. The van der Waals surface area contributed by atoms with Gasteiger partial charge in [-0.3, -0.25) is 14.7 Å². The number of aromatic nitrogens is 1. The molecule has 2 heterocycles. The zero-order valence-electron chi connectivity index (χ0n) is 15.4. The molecule has 1 aromatic heterocycles. The SMILES string of the molecule is O=C(c1ccc(F)cc1)N1CCCN(Cc2c(Cl)ccc3cccnc23)CC1. The number of carbonyl (C=O) groups excluding carboxylic acids is 1. The standard InChI is InChI=1S/C22H21ClFN3O/c23-20-9-6-16-3-1-10-25-21(16)19(20)15-26-11-2-12-27(14-13-26)22(28)17-4-7-18(24)8-5-17/h1,3-10H,2,11-15H2. The third-order valence-corrected chi connectivity index (χ3v) is 5.53. The van der Waals surface area contributed by atoms with Crippen LogP contribution in [0.5, 0.6) is 0 Å². The quantitative estimate of drug-likeness (QED) is 0.658. The monoisotopic (exact) mass is 397 g/mol. The Bertz CT molecular complexity index is 993. The maximum atomic E-state index is 13.1. The van der Waals surface area contributed by atoms with Crippen LogP contribution in [0.4, 0.5) is 4.39 Å². The van der Waals surface area contributed by atoms with Gasteiger partial charge in [0.15, 0.2) is 0 Å². The molecule has 4 rings (SSSR count). The highest BCUT2D eigenvalue weighted by Gasteiger charge is 2.21. The summed E-state index contributed by atoms with van der Waals surface area (Å²) in [4.78, 5) is 21.4. The Labute approximate surface area is 168 Å². The molecule has 0 unspecified atom stereocenters. The molecule has 1 aliphatic heterocycles. The molecule has 0 saturated carbocycles. The first-order valence-corrected chi connectivity index (χ1v) is 9.79. The zero-order chi connectivity index (χ0) is 19.5. The van der Waals surface area contributed by atoms with E-state index in [0.29, 0.717) is 25.2 Å². The Morgan fingerprint density at radius 1 is 1.04 bits per heavy atom. The molecule has 0 radical (unpaired) electrons. The van der Waals surface area contributed by atoms with Gasteiger partial charge in [-0.05, 0) is 42.8 Å². The summed E-state index contributed by atoms with van der Waals surface area (Å²) in [5.41, 5.74) is 2.48. The van der Waals surface area contributed by atoms with Gasteiger partial charge in [0.25, 0.3) is 5.91 Å². The Kier molecular flexibility index (Phi) is 5.55. The van der Waals surface area contributed by atoms with E-state index in [1.807, 2.05) is 29.2 Å². The van der Waals surface area contributed by atoms with Gasteiger partial charge in [-0.25, -0.2) is 4.39 Å². The third kappa shape index (κ3) is 4.01. The average molecular weight is 398 g/mol. The van der Waals surface area contributed by atoms with E-state index in [4.69, 9.17) is 11.6 Å². The fourth-order valence-corrected chi connectivity index (χ4v) is 3.87. The molecule has 3 aromatic rings. The van der Waals surface area contributed by atoms with Crippen molar-refractivity contribution in [3.8, 4) is 0 Å². The number of pyridine rings is 1. The molecule has 6 heteroatoms. The largest absolute Gasteiger partial charge is 0.337 e. The number of carbonyl (C=O) groups is 1. The predicted molar refractivity (Wildman–Crippen MR) is 109 cm³/mol. The van der Waals surface area contributed by atoms with Gasteiger partial charge in [0.1, 0.15) is 5.82 Å². The van der Waals surface area contributed by atoms with Crippen LogP contribution in [0.3, 0.4) is 0 Å². The van der Waals surface area contributed by atoms with E-state index < -0.39 is 0 Å². The van der Waals surface area contributed by atoms with Crippen LogP contribution in [-0.4, -0.2) is 46.9 Å². The van der Waals surface area contributed by atoms with Gasteiger partial charge in [-0.2, -0.15) is 0 Å². The molecule has 1 fully saturated rings. The summed E-state index contributed by atoms with van der Waals surface area (Å²) in [5, 5.41) is 1.79.